The molecular weight excluding hydrogens is 446 g/mol. The van der Waals surface area contributed by atoms with E-state index in [1.165, 1.54) is 7.11 Å². The highest BCUT2D eigenvalue weighted by molar-refractivity contribution is 7.98. The van der Waals surface area contributed by atoms with Gasteiger partial charge in [0.25, 0.3) is 0 Å². The van der Waals surface area contributed by atoms with Gasteiger partial charge in [0.05, 0.1) is 25.8 Å². The molecule has 2 N–H and O–H groups in total. The van der Waals surface area contributed by atoms with E-state index in [9.17, 15) is 4.79 Å². The van der Waals surface area contributed by atoms with Gasteiger partial charge in [-0.1, -0.05) is 25.9 Å². The third-order valence-electron chi connectivity index (χ3n) is 5.79. The number of methoxy groups -OCH3 is 2. The second-order valence-corrected chi connectivity index (χ2v) is 15.0. The predicted molar refractivity (Wildman–Crippen MR) is 129 cm³/mol. The standard InChI is InChI=1S/C22H35N3O5SSi/c1-13-17(27-6)10-18(30-32(8,9)22(3,4)5)15(19(13)21(26)28-7)11-31-12-16(23)20-24-14(2)25-29-20/h10,16H,11-12,23H2,1-9H3. The molecule has 2 aromatic rings. The van der Waals surface area contributed by atoms with Gasteiger partial charge in [0.15, 0.2) is 5.82 Å². The van der Waals surface area contributed by atoms with Gasteiger partial charge in [0, 0.05) is 28.7 Å². The van der Waals surface area contributed by atoms with Crippen molar-refractivity contribution >= 4 is 26.0 Å². The number of ether oxygens (including phenoxy) is 2. The molecule has 1 unspecified atom stereocenters. The third-order valence-corrected chi connectivity index (χ3v) is 11.2. The number of aromatic nitrogens is 2. The fourth-order valence-electron chi connectivity index (χ4n) is 2.86. The number of aryl methyl sites for hydroxylation is 1. The van der Waals surface area contributed by atoms with Gasteiger partial charge in [-0.05, 0) is 32.0 Å². The zero-order valence-electron chi connectivity index (χ0n) is 20.5. The molecule has 1 aromatic heterocycles. The van der Waals surface area contributed by atoms with Gasteiger partial charge < -0.3 is 24.2 Å². The molecule has 1 atom stereocenters. The number of esters is 1. The zero-order valence-corrected chi connectivity index (χ0v) is 22.3. The monoisotopic (exact) mass is 481 g/mol. The van der Waals surface area contributed by atoms with E-state index in [0.29, 0.717) is 45.8 Å². The number of nitrogens with zero attached hydrogens (tertiary/aromatic N) is 2. The van der Waals surface area contributed by atoms with Crippen molar-refractivity contribution in [3.8, 4) is 11.5 Å². The van der Waals surface area contributed by atoms with Crippen LogP contribution in [0.4, 0.5) is 0 Å². The topological polar surface area (TPSA) is 110 Å². The summed E-state index contributed by atoms with van der Waals surface area (Å²) in [6, 6.07) is 1.46. The summed E-state index contributed by atoms with van der Waals surface area (Å²) in [7, 11) is 0.774. The van der Waals surface area contributed by atoms with Gasteiger partial charge in [-0.25, -0.2) is 4.79 Å². The van der Waals surface area contributed by atoms with E-state index >= 15 is 0 Å². The van der Waals surface area contributed by atoms with Gasteiger partial charge in [0.1, 0.15) is 11.5 Å². The molecule has 0 radical (unpaired) electrons. The summed E-state index contributed by atoms with van der Waals surface area (Å²) in [6.07, 6.45) is 0. The van der Waals surface area contributed by atoms with Crippen molar-refractivity contribution < 1.29 is 23.2 Å². The molecule has 10 heteroatoms. The van der Waals surface area contributed by atoms with Crippen molar-refractivity contribution in [3.05, 3.63) is 34.5 Å². The molecule has 0 aliphatic rings. The lowest BCUT2D eigenvalue weighted by Gasteiger charge is -2.37. The highest BCUT2D eigenvalue weighted by Gasteiger charge is 2.40. The number of rotatable bonds is 9. The summed E-state index contributed by atoms with van der Waals surface area (Å²) in [5.41, 5.74) is 8.18. The molecule has 0 amide bonds. The molecule has 8 nitrogen and oxygen atoms in total. The van der Waals surface area contributed by atoms with Crippen LogP contribution in [-0.4, -0.2) is 44.4 Å². The Labute approximate surface area is 195 Å². The Hall–Kier alpha value is -2.04. The Morgan fingerprint density at radius 1 is 1.25 bits per heavy atom. The molecule has 32 heavy (non-hydrogen) atoms. The lowest BCUT2D eigenvalue weighted by Crippen LogP contribution is -2.44. The maximum absolute atomic E-state index is 12.8. The first-order chi connectivity index (χ1) is 14.8. The second-order valence-electron chi connectivity index (χ2n) is 9.21. The van der Waals surface area contributed by atoms with Crippen LogP contribution in [0.25, 0.3) is 0 Å². The maximum atomic E-state index is 12.8. The van der Waals surface area contributed by atoms with Crippen LogP contribution in [-0.2, 0) is 10.5 Å². The largest absolute Gasteiger partial charge is 0.543 e. The summed E-state index contributed by atoms with van der Waals surface area (Å²) in [5, 5.41) is 3.78. The quantitative estimate of drug-likeness (QED) is 0.399. The number of carbonyl (C=O) groups is 1. The summed E-state index contributed by atoms with van der Waals surface area (Å²) in [6.45, 7) is 14.5. The third kappa shape index (κ3) is 5.84. The number of nitrogens with two attached hydrogens (primary N) is 1. The smallest absolute Gasteiger partial charge is 0.338 e. The van der Waals surface area contributed by atoms with Crippen molar-refractivity contribution in [3.63, 3.8) is 0 Å². The van der Waals surface area contributed by atoms with Crippen LogP contribution in [0.2, 0.25) is 18.1 Å². The number of benzene rings is 1. The second kappa shape index (κ2) is 10.3. The molecule has 0 aliphatic carbocycles. The summed E-state index contributed by atoms with van der Waals surface area (Å²) in [5.74, 6) is 2.79. The lowest BCUT2D eigenvalue weighted by atomic mass is 10.0. The zero-order chi connectivity index (χ0) is 24.3. The Morgan fingerprint density at radius 2 is 1.91 bits per heavy atom. The highest BCUT2D eigenvalue weighted by Crippen LogP contribution is 2.42. The minimum atomic E-state index is -2.18. The number of carbonyl (C=O) groups excluding carboxylic acids is 1. The maximum Gasteiger partial charge on any atom is 0.338 e. The normalized spacial score (nSPS) is 13.1. The Bertz CT molecular complexity index is 956. The van der Waals surface area contributed by atoms with Crippen LogP contribution in [0.5, 0.6) is 11.5 Å². The Kier molecular flexibility index (Phi) is 8.41. The predicted octanol–water partition coefficient (Wildman–Crippen LogP) is 4.80. The van der Waals surface area contributed by atoms with Crippen molar-refractivity contribution in [2.75, 3.05) is 20.0 Å². The number of hydrogen-bond acceptors (Lipinski definition) is 9. The molecule has 0 aliphatic heterocycles. The average Bonchev–Trinajstić information content (AvgIpc) is 3.14. The molecule has 0 spiro atoms. The minimum absolute atomic E-state index is 0.0147. The van der Waals surface area contributed by atoms with Gasteiger partial charge in [-0.3, -0.25) is 0 Å². The van der Waals surface area contributed by atoms with Gasteiger partial charge >= 0.3 is 5.97 Å². The van der Waals surface area contributed by atoms with Crippen LogP contribution in [0.15, 0.2) is 10.6 Å². The van der Waals surface area contributed by atoms with Crippen molar-refractivity contribution in [1.82, 2.24) is 10.1 Å². The van der Waals surface area contributed by atoms with Crippen molar-refractivity contribution in [2.24, 2.45) is 5.73 Å². The fourth-order valence-corrected chi connectivity index (χ4v) is 4.91. The average molecular weight is 482 g/mol. The Balaban J connectivity index is 2.44. The van der Waals surface area contributed by atoms with Gasteiger partial charge in [-0.2, -0.15) is 16.7 Å². The molecule has 0 fully saturated rings. The first-order valence-electron chi connectivity index (χ1n) is 10.4. The van der Waals surface area contributed by atoms with E-state index in [0.717, 1.165) is 5.56 Å². The summed E-state index contributed by atoms with van der Waals surface area (Å²) in [4.78, 5) is 17.0. The van der Waals surface area contributed by atoms with E-state index in [1.54, 1.807) is 25.8 Å². The molecule has 0 bridgehead atoms. The van der Waals surface area contributed by atoms with Crippen LogP contribution < -0.4 is 14.9 Å². The van der Waals surface area contributed by atoms with Crippen LogP contribution >= 0.6 is 11.8 Å². The molecule has 2 rings (SSSR count). The van der Waals surface area contributed by atoms with Gasteiger partial charge in [0.2, 0.25) is 14.2 Å². The first kappa shape index (κ1) is 26.2. The van der Waals surface area contributed by atoms with Crippen molar-refractivity contribution in [1.29, 1.82) is 0 Å². The van der Waals surface area contributed by atoms with E-state index in [2.05, 4.69) is 44.0 Å². The van der Waals surface area contributed by atoms with E-state index in [-0.39, 0.29) is 5.04 Å². The first-order valence-corrected chi connectivity index (χ1v) is 14.5. The highest BCUT2D eigenvalue weighted by atomic mass is 32.2. The minimum Gasteiger partial charge on any atom is -0.543 e. The molecular formula is C22H35N3O5SSi. The summed E-state index contributed by atoms with van der Waals surface area (Å²) < 4.78 is 22.5. The molecule has 1 heterocycles. The number of thioether (sulfide) groups is 1. The molecule has 1 aromatic carbocycles. The van der Waals surface area contributed by atoms with E-state index in [4.69, 9.17) is 24.2 Å². The number of hydrogen-bond donors (Lipinski definition) is 1. The van der Waals surface area contributed by atoms with Gasteiger partial charge in [-0.15, -0.1) is 0 Å². The lowest BCUT2D eigenvalue weighted by molar-refractivity contribution is 0.0598. The molecule has 178 valence electrons. The Morgan fingerprint density at radius 3 is 2.41 bits per heavy atom. The molecule has 0 saturated carbocycles. The van der Waals surface area contributed by atoms with Crippen LogP contribution in [0.3, 0.4) is 0 Å². The SMILES string of the molecule is COC(=O)c1c(C)c(OC)cc(O[Si](C)(C)C(C)(C)C)c1CSCC(N)c1nc(C)no1. The van der Waals surface area contributed by atoms with E-state index < -0.39 is 20.3 Å². The molecule has 0 saturated heterocycles. The van der Waals surface area contributed by atoms with E-state index in [1.807, 2.05) is 13.0 Å². The van der Waals surface area contributed by atoms with Crippen molar-refractivity contribution in [2.45, 2.75) is 64.5 Å². The summed E-state index contributed by atoms with van der Waals surface area (Å²) >= 11 is 1.56. The van der Waals surface area contributed by atoms with Crippen LogP contribution in [0.1, 0.15) is 60.0 Å². The fraction of sp³-hybridized carbons (Fsp3) is 0.591. The van der Waals surface area contributed by atoms with Crippen LogP contribution in [0, 0.1) is 13.8 Å².